The Labute approximate surface area is 144 Å². The van der Waals surface area contributed by atoms with Gasteiger partial charge in [0.2, 0.25) is 5.43 Å². The number of para-hydroxylation sites is 1. The Kier molecular flexibility index (Phi) is 4.57. The smallest absolute Gasteiger partial charge is 0.310 e. The Hall–Kier alpha value is -3.08. The SMILES string of the molecule is C=C(C)COc1ccc2c(=O)c3cccc(CC(=O)OC)c3oc2c1. The van der Waals surface area contributed by atoms with Crippen molar-refractivity contribution in [1.29, 1.82) is 0 Å². The summed E-state index contributed by atoms with van der Waals surface area (Å²) in [6, 6.07) is 10.2. The van der Waals surface area contributed by atoms with Gasteiger partial charge < -0.3 is 13.9 Å². The van der Waals surface area contributed by atoms with Crippen LogP contribution in [0.2, 0.25) is 0 Å². The third-order valence-corrected chi connectivity index (χ3v) is 3.80. The van der Waals surface area contributed by atoms with Gasteiger partial charge in [-0.2, -0.15) is 0 Å². The summed E-state index contributed by atoms with van der Waals surface area (Å²) >= 11 is 0. The van der Waals surface area contributed by atoms with Crippen LogP contribution in [0.4, 0.5) is 0 Å². The number of carbonyl (C=O) groups is 1. The fourth-order valence-electron chi connectivity index (χ4n) is 2.58. The standard InChI is InChI=1S/C20H18O5/c1-12(2)11-24-14-7-8-15-17(10-14)25-20-13(9-18(21)23-3)5-4-6-16(20)19(15)22/h4-8,10H,1,9,11H2,2-3H3. The third kappa shape index (κ3) is 3.40. The maximum absolute atomic E-state index is 12.7. The fourth-order valence-corrected chi connectivity index (χ4v) is 2.58. The van der Waals surface area contributed by atoms with Crippen molar-refractivity contribution in [1.82, 2.24) is 0 Å². The number of benzene rings is 2. The van der Waals surface area contributed by atoms with Gasteiger partial charge in [-0.15, -0.1) is 0 Å². The topological polar surface area (TPSA) is 65.7 Å². The van der Waals surface area contributed by atoms with Crippen molar-refractivity contribution in [3.05, 3.63) is 64.3 Å². The van der Waals surface area contributed by atoms with Gasteiger partial charge in [0.05, 0.1) is 24.3 Å². The number of fused-ring (bicyclic) bond motifs is 2. The zero-order valence-electron chi connectivity index (χ0n) is 14.1. The van der Waals surface area contributed by atoms with Crippen molar-refractivity contribution >= 4 is 27.9 Å². The minimum atomic E-state index is -0.395. The quantitative estimate of drug-likeness (QED) is 0.404. The van der Waals surface area contributed by atoms with Crippen LogP contribution in [0, 0.1) is 0 Å². The molecule has 0 aliphatic carbocycles. The van der Waals surface area contributed by atoms with Gasteiger partial charge in [0.25, 0.3) is 0 Å². The molecule has 2 aromatic carbocycles. The molecule has 1 aromatic heterocycles. The van der Waals surface area contributed by atoms with Crippen molar-refractivity contribution in [2.75, 3.05) is 13.7 Å². The number of ether oxygens (including phenoxy) is 2. The molecule has 0 bridgehead atoms. The summed E-state index contributed by atoms with van der Waals surface area (Å²) in [5, 5.41) is 0.898. The van der Waals surface area contributed by atoms with Crippen molar-refractivity contribution in [3.63, 3.8) is 0 Å². The Bertz CT molecular complexity index is 1030. The van der Waals surface area contributed by atoms with Crippen molar-refractivity contribution in [2.45, 2.75) is 13.3 Å². The Balaban J connectivity index is 2.16. The van der Waals surface area contributed by atoms with Gasteiger partial charge in [0.1, 0.15) is 23.5 Å². The lowest BCUT2D eigenvalue weighted by molar-refractivity contribution is -0.139. The van der Waals surface area contributed by atoms with E-state index in [-0.39, 0.29) is 11.8 Å². The van der Waals surface area contributed by atoms with Crippen LogP contribution in [-0.2, 0) is 16.0 Å². The molecule has 0 spiro atoms. The van der Waals surface area contributed by atoms with E-state index in [1.807, 2.05) is 6.92 Å². The molecule has 3 rings (SSSR count). The minimum absolute atomic E-state index is 0.0358. The van der Waals surface area contributed by atoms with E-state index in [1.165, 1.54) is 7.11 Å². The maximum atomic E-state index is 12.7. The molecule has 0 amide bonds. The molecule has 0 atom stereocenters. The van der Waals surface area contributed by atoms with Gasteiger partial charge in [-0.3, -0.25) is 9.59 Å². The van der Waals surface area contributed by atoms with Gasteiger partial charge in [-0.1, -0.05) is 18.7 Å². The van der Waals surface area contributed by atoms with E-state index in [0.717, 1.165) is 5.57 Å². The van der Waals surface area contributed by atoms with Crippen LogP contribution < -0.4 is 10.2 Å². The van der Waals surface area contributed by atoms with Gasteiger partial charge in [-0.25, -0.2) is 0 Å². The number of esters is 1. The second-order valence-corrected chi connectivity index (χ2v) is 5.88. The molecule has 3 aromatic rings. The van der Waals surface area contributed by atoms with Crippen molar-refractivity contribution < 1.29 is 18.7 Å². The second kappa shape index (κ2) is 6.81. The predicted molar refractivity (Wildman–Crippen MR) is 96.0 cm³/mol. The van der Waals surface area contributed by atoms with E-state index in [4.69, 9.17) is 13.9 Å². The van der Waals surface area contributed by atoms with Crippen molar-refractivity contribution in [2.24, 2.45) is 0 Å². The van der Waals surface area contributed by atoms with Crippen molar-refractivity contribution in [3.8, 4) is 5.75 Å². The maximum Gasteiger partial charge on any atom is 0.310 e. The Morgan fingerprint density at radius 2 is 2.00 bits per heavy atom. The molecule has 5 heteroatoms. The molecular formula is C20H18O5. The van der Waals surface area contributed by atoms with E-state index in [0.29, 0.717) is 39.9 Å². The summed E-state index contributed by atoms with van der Waals surface area (Å²) < 4.78 is 16.3. The first-order valence-electron chi connectivity index (χ1n) is 7.82. The lowest BCUT2D eigenvalue weighted by Gasteiger charge is -2.09. The summed E-state index contributed by atoms with van der Waals surface area (Å²) in [5.74, 6) is 0.192. The molecule has 25 heavy (non-hydrogen) atoms. The highest BCUT2D eigenvalue weighted by molar-refractivity contribution is 5.92. The molecule has 0 N–H and O–H groups in total. The molecule has 0 fully saturated rings. The molecule has 0 saturated carbocycles. The zero-order chi connectivity index (χ0) is 18.0. The van der Waals surface area contributed by atoms with E-state index in [9.17, 15) is 9.59 Å². The van der Waals surface area contributed by atoms with Crippen LogP contribution in [0.1, 0.15) is 12.5 Å². The molecule has 1 heterocycles. The van der Waals surface area contributed by atoms with Crippen LogP contribution in [-0.4, -0.2) is 19.7 Å². The van der Waals surface area contributed by atoms with E-state index in [2.05, 4.69) is 6.58 Å². The molecule has 0 unspecified atom stereocenters. The number of carbonyl (C=O) groups excluding carboxylic acids is 1. The number of hydrogen-bond donors (Lipinski definition) is 0. The van der Waals surface area contributed by atoms with Gasteiger partial charge in [0.15, 0.2) is 0 Å². The van der Waals surface area contributed by atoms with Crippen LogP contribution >= 0.6 is 0 Å². The van der Waals surface area contributed by atoms with Crippen LogP contribution in [0.15, 0.2) is 57.8 Å². The number of methoxy groups -OCH3 is 1. The highest BCUT2D eigenvalue weighted by Gasteiger charge is 2.14. The van der Waals surface area contributed by atoms with E-state index < -0.39 is 5.97 Å². The molecule has 0 radical (unpaired) electrons. The largest absolute Gasteiger partial charge is 0.489 e. The van der Waals surface area contributed by atoms with E-state index in [1.54, 1.807) is 36.4 Å². The highest BCUT2D eigenvalue weighted by Crippen LogP contribution is 2.25. The lowest BCUT2D eigenvalue weighted by atomic mass is 10.1. The minimum Gasteiger partial charge on any atom is -0.489 e. The fraction of sp³-hybridized carbons (Fsp3) is 0.200. The zero-order valence-corrected chi connectivity index (χ0v) is 14.1. The third-order valence-electron chi connectivity index (χ3n) is 3.80. The summed E-state index contributed by atoms with van der Waals surface area (Å²) in [6.07, 6.45) is 0.0358. The lowest BCUT2D eigenvalue weighted by Crippen LogP contribution is -2.08. The molecular weight excluding hydrogens is 320 g/mol. The molecule has 0 aliphatic rings. The molecule has 0 aliphatic heterocycles. The average molecular weight is 338 g/mol. The first-order valence-corrected chi connectivity index (χ1v) is 7.82. The van der Waals surface area contributed by atoms with Crippen LogP contribution in [0.25, 0.3) is 21.9 Å². The van der Waals surface area contributed by atoms with Gasteiger partial charge in [-0.05, 0) is 30.7 Å². The van der Waals surface area contributed by atoms with Gasteiger partial charge >= 0.3 is 5.97 Å². The Morgan fingerprint density at radius 3 is 2.72 bits per heavy atom. The second-order valence-electron chi connectivity index (χ2n) is 5.88. The Morgan fingerprint density at radius 1 is 1.20 bits per heavy atom. The summed E-state index contributed by atoms with van der Waals surface area (Å²) in [4.78, 5) is 24.3. The predicted octanol–water partition coefficient (Wildman–Crippen LogP) is 3.62. The van der Waals surface area contributed by atoms with E-state index >= 15 is 0 Å². The first kappa shape index (κ1) is 16.8. The summed E-state index contributed by atoms with van der Waals surface area (Å²) in [5.41, 5.74) is 2.16. The number of hydrogen-bond acceptors (Lipinski definition) is 5. The first-order chi connectivity index (χ1) is 12.0. The average Bonchev–Trinajstić information content (AvgIpc) is 2.60. The highest BCUT2D eigenvalue weighted by atomic mass is 16.5. The molecule has 128 valence electrons. The summed E-state index contributed by atoms with van der Waals surface area (Å²) in [6.45, 7) is 6.05. The monoisotopic (exact) mass is 338 g/mol. The normalized spacial score (nSPS) is 10.8. The number of rotatable bonds is 5. The molecule has 0 saturated heterocycles. The van der Waals surface area contributed by atoms with Gasteiger partial charge in [0, 0.05) is 11.6 Å². The van der Waals surface area contributed by atoms with Crippen LogP contribution in [0.3, 0.4) is 0 Å². The summed E-state index contributed by atoms with van der Waals surface area (Å²) in [7, 11) is 1.32. The van der Waals surface area contributed by atoms with Crippen LogP contribution in [0.5, 0.6) is 5.75 Å². The molecule has 5 nitrogen and oxygen atoms in total.